The van der Waals surface area contributed by atoms with Crippen LogP contribution in [0.15, 0.2) is 47.2 Å². The number of benzene rings is 1. The molecule has 2 unspecified atom stereocenters. The normalized spacial score (nSPS) is 18.7. The van der Waals surface area contributed by atoms with Crippen LogP contribution in [-0.4, -0.2) is 18.6 Å². The van der Waals surface area contributed by atoms with Crippen LogP contribution in [0.3, 0.4) is 0 Å². The standard InChI is InChI=1S/C17H19BrN2O/c1-19-16(13-8-14(18)11-20-10-13)9-12-6-7-21-17-5-3-2-4-15(12)17/h2-5,8,10-12,16,19H,6-7,9H2,1H3. The Kier molecular flexibility index (Phi) is 4.56. The molecular formula is C17H19BrN2O. The number of hydrogen-bond acceptors (Lipinski definition) is 3. The maximum absolute atomic E-state index is 5.75. The third-order valence-electron chi connectivity index (χ3n) is 4.08. The molecule has 0 bridgehead atoms. The number of aromatic nitrogens is 1. The third kappa shape index (κ3) is 3.27. The fourth-order valence-electron chi connectivity index (χ4n) is 2.98. The highest BCUT2D eigenvalue weighted by atomic mass is 79.9. The van der Waals surface area contributed by atoms with Gasteiger partial charge in [0.25, 0.3) is 0 Å². The first kappa shape index (κ1) is 14.5. The molecule has 0 amide bonds. The van der Waals surface area contributed by atoms with Gasteiger partial charge < -0.3 is 10.1 Å². The summed E-state index contributed by atoms with van der Waals surface area (Å²) in [7, 11) is 2.01. The fraction of sp³-hybridized carbons (Fsp3) is 0.353. The highest BCUT2D eigenvalue weighted by Gasteiger charge is 2.24. The second kappa shape index (κ2) is 6.58. The van der Waals surface area contributed by atoms with Crippen molar-refractivity contribution in [1.82, 2.24) is 10.3 Å². The quantitative estimate of drug-likeness (QED) is 0.906. The topological polar surface area (TPSA) is 34.1 Å². The van der Waals surface area contributed by atoms with Gasteiger partial charge in [-0.3, -0.25) is 4.98 Å². The molecular weight excluding hydrogens is 328 g/mol. The first-order valence-electron chi connectivity index (χ1n) is 7.27. The summed E-state index contributed by atoms with van der Waals surface area (Å²) < 4.78 is 6.77. The van der Waals surface area contributed by atoms with E-state index in [4.69, 9.17) is 4.74 Å². The summed E-state index contributed by atoms with van der Waals surface area (Å²) in [5.41, 5.74) is 2.54. The molecule has 1 aliphatic heterocycles. The van der Waals surface area contributed by atoms with Crippen molar-refractivity contribution in [1.29, 1.82) is 0 Å². The molecule has 1 aliphatic rings. The number of halogens is 1. The molecule has 110 valence electrons. The van der Waals surface area contributed by atoms with Gasteiger partial charge in [-0.05, 0) is 65.0 Å². The molecule has 0 radical (unpaired) electrons. The molecule has 2 heterocycles. The molecule has 3 nitrogen and oxygen atoms in total. The van der Waals surface area contributed by atoms with Gasteiger partial charge >= 0.3 is 0 Å². The summed E-state index contributed by atoms with van der Waals surface area (Å²) in [4.78, 5) is 4.28. The molecule has 0 aliphatic carbocycles. The zero-order valence-electron chi connectivity index (χ0n) is 12.1. The van der Waals surface area contributed by atoms with Crippen LogP contribution in [0.2, 0.25) is 0 Å². The van der Waals surface area contributed by atoms with Crippen molar-refractivity contribution in [3.8, 4) is 5.75 Å². The van der Waals surface area contributed by atoms with Crippen molar-refractivity contribution >= 4 is 15.9 Å². The molecule has 4 heteroatoms. The lowest BCUT2D eigenvalue weighted by Gasteiger charge is -2.29. The zero-order chi connectivity index (χ0) is 14.7. The van der Waals surface area contributed by atoms with Crippen LogP contribution >= 0.6 is 15.9 Å². The molecule has 1 aromatic carbocycles. The van der Waals surface area contributed by atoms with Crippen LogP contribution < -0.4 is 10.1 Å². The van der Waals surface area contributed by atoms with Gasteiger partial charge in [0.15, 0.2) is 0 Å². The molecule has 0 saturated carbocycles. The molecule has 1 N–H and O–H groups in total. The number of nitrogens with zero attached hydrogens (tertiary/aromatic N) is 1. The second-order valence-electron chi connectivity index (χ2n) is 5.39. The Morgan fingerprint density at radius 2 is 2.24 bits per heavy atom. The smallest absolute Gasteiger partial charge is 0.122 e. The number of rotatable bonds is 4. The zero-order valence-corrected chi connectivity index (χ0v) is 13.6. The van der Waals surface area contributed by atoms with Gasteiger partial charge in [0, 0.05) is 22.9 Å². The maximum atomic E-state index is 5.75. The summed E-state index contributed by atoms with van der Waals surface area (Å²) in [6.07, 6.45) is 5.88. The minimum absolute atomic E-state index is 0.297. The summed E-state index contributed by atoms with van der Waals surface area (Å²) in [5, 5.41) is 3.42. The van der Waals surface area contributed by atoms with Crippen molar-refractivity contribution in [2.45, 2.75) is 24.8 Å². The Bertz CT molecular complexity index is 617. The number of pyridine rings is 1. The van der Waals surface area contributed by atoms with E-state index in [1.165, 1.54) is 11.1 Å². The van der Waals surface area contributed by atoms with Crippen LogP contribution in [0.4, 0.5) is 0 Å². The Labute approximate surface area is 133 Å². The van der Waals surface area contributed by atoms with Crippen LogP contribution in [-0.2, 0) is 0 Å². The lowest BCUT2D eigenvalue weighted by molar-refractivity contribution is 0.256. The predicted molar refractivity (Wildman–Crippen MR) is 87.6 cm³/mol. The van der Waals surface area contributed by atoms with E-state index < -0.39 is 0 Å². The van der Waals surface area contributed by atoms with E-state index in [-0.39, 0.29) is 0 Å². The first-order chi connectivity index (χ1) is 10.3. The lowest BCUT2D eigenvalue weighted by Crippen LogP contribution is -2.22. The molecule has 1 aromatic heterocycles. The highest BCUT2D eigenvalue weighted by molar-refractivity contribution is 9.10. The Hall–Kier alpha value is -1.39. The van der Waals surface area contributed by atoms with E-state index in [1.54, 1.807) is 0 Å². The molecule has 2 atom stereocenters. The van der Waals surface area contributed by atoms with E-state index in [1.807, 2.05) is 25.5 Å². The maximum Gasteiger partial charge on any atom is 0.122 e. The number of ether oxygens (including phenoxy) is 1. The Balaban J connectivity index is 1.82. The van der Waals surface area contributed by atoms with Crippen molar-refractivity contribution in [3.63, 3.8) is 0 Å². The highest BCUT2D eigenvalue weighted by Crippen LogP contribution is 2.38. The van der Waals surface area contributed by atoms with E-state index in [9.17, 15) is 0 Å². The van der Waals surface area contributed by atoms with Crippen LogP contribution in [0.1, 0.15) is 35.9 Å². The third-order valence-corrected chi connectivity index (χ3v) is 4.51. The van der Waals surface area contributed by atoms with E-state index in [2.05, 4.69) is 50.5 Å². The van der Waals surface area contributed by atoms with E-state index >= 15 is 0 Å². The minimum Gasteiger partial charge on any atom is -0.493 e. The van der Waals surface area contributed by atoms with E-state index in [0.29, 0.717) is 12.0 Å². The first-order valence-corrected chi connectivity index (χ1v) is 8.06. The van der Waals surface area contributed by atoms with Crippen molar-refractivity contribution in [2.24, 2.45) is 0 Å². The Morgan fingerprint density at radius 1 is 1.38 bits per heavy atom. The molecule has 0 fully saturated rings. The molecule has 2 aromatic rings. The summed E-state index contributed by atoms with van der Waals surface area (Å²) >= 11 is 3.50. The monoisotopic (exact) mass is 346 g/mol. The van der Waals surface area contributed by atoms with Gasteiger partial charge in [-0.2, -0.15) is 0 Å². The fourth-order valence-corrected chi connectivity index (χ4v) is 3.37. The molecule has 0 spiro atoms. The number of hydrogen-bond donors (Lipinski definition) is 1. The summed E-state index contributed by atoms with van der Waals surface area (Å²) in [6, 6.07) is 10.8. The van der Waals surface area contributed by atoms with Crippen molar-refractivity contribution in [3.05, 3.63) is 58.3 Å². The molecule has 21 heavy (non-hydrogen) atoms. The average molecular weight is 347 g/mol. The van der Waals surface area contributed by atoms with Gasteiger partial charge in [0.05, 0.1) is 6.61 Å². The molecule has 3 rings (SSSR count). The summed E-state index contributed by atoms with van der Waals surface area (Å²) in [6.45, 7) is 0.800. The lowest BCUT2D eigenvalue weighted by atomic mass is 9.86. The van der Waals surface area contributed by atoms with Gasteiger partial charge in [0.2, 0.25) is 0 Å². The van der Waals surface area contributed by atoms with Gasteiger partial charge in [-0.1, -0.05) is 18.2 Å². The van der Waals surface area contributed by atoms with Gasteiger partial charge in [-0.25, -0.2) is 0 Å². The SMILES string of the molecule is CNC(CC1CCOc2ccccc21)c1cncc(Br)c1. The van der Waals surface area contributed by atoms with Gasteiger partial charge in [0.1, 0.15) is 5.75 Å². The number of nitrogens with one attached hydrogen (secondary N) is 1. The molecule has 0 saturated heterocycles. The second-order valence-corrected chi connectivity index (χ2v) is 6.30. The minimum atomic E-state index is 0.297. The Morgan fingerprint density at radius 3 is 3.05 bits per heavy atom. The van der Waals surface area contributed by atoms with Crippen molar-refractivity contribution in [2.75, 3.05) is 13.7 Å². The largest absolute Gasteiger partial charge is 0.493 e. The van der Waals surface area contributed by atoms with Crippen molar-refractivity contribution < 1.29 is 4.74 Å². The predicted octanol–water partition coefficient (Wildman–Crippen LogP) is 4.06. The van der Waals surface area contributed by atoms with Crippen LogP contribution in [0, 0.1) is 0 Å². The van der Waals surface area contributed by atoms with Crippen LogP contribution in [0.5, 0.6) is 5.75 Å². The van der Waals surface area contributed by atoms with Gasteiger partial charge in [-0.15, -0.1) is 0 Å². The number of fused-ring (bicyclic) bond motifs is 1. The number of para-hydroxylation sites is 1. The van der Waals surface area contributed by atoms with E-state index in [0.717, 1.165) is 29.7 Å². The summed E-state index contributed by atoms with van der Waals surface area (Å²) in [5.74, 6) is 1.56. The average Bonchev–Trinajstić information content (AvgIpc) is 2.52. The van der Waals surface area contributed by atoms with Crippen LogP contribution in [0.25, 0.3) is 0 Å².